The maximum Gasteiger partial charge on any atom is 0.234 e. The summed E-state index contributed by atoms with van der Waals surface area (Å²) < 4.78 is 0. The lowest BCUT2D eigenvalue weighted by Crippen LogP contribution is -2.47. The van der Waals surface area contributed by atoms with Crippen LogP contribution in [-0.2, 0) is 9.59 Å². The molecule has 0 saturated carbocycles. The molecule has 1 saturated heterocycles. The van der Waals surface area contributed by atoms with Gasteiger partial charge in [-0.25, -0.2) is 0 Å². The zero-order chi connectivity index (χ0) is 15.1. The molecule has 1 aliphatic rings. The van der Waals surface area contributed by atoms with Crippen LogP contribution in [0.1, 0.15) is 5.56 Å². The summed E-state index contributed by atoms with van der Waals surface area (Å²) >= 11 is 1.36. The van der Waals surface area contributed by atoms with Crippen molar-refractivity contribution in [3.63, 3.8) is 0 Å². The lowest BCUT2D eigenvalue weighted by atomic mass is 10.2. The molecule has 2 N–H and O–H groups in total. The minimum absolute atomic E-state index is 0.0706. The molecule has 5 nitrogen and oxygen atoms in total. The smallest absolute Gasteiger partial charge is 0.234 e. The molecule has 1 aromatic carbocycles. The summed E-state index contributed by atoms with van der Waals surface area (Å²) in [6.45, 7) is 5.20. The van der Waals surface area contributed by atoms with Crippen molar-refractivity contribution < 1.29 is 9.59 Å². The van der Waals surface area contributed by atoms with Gasteiger partial charge in [-0.1, -0.05) is 12.1 Å². The molecule has 1 aromatic rings. The van der Waals surface area contributed by atoms with Crippen LogP contribution in [0.5, 0.6) is 0 Å². The molecule has 1 fully saturated rings. The number of amides is 2. The SMILES string of the molecule is Cc1cccc(NC(=O)CSCC(=O)N2CCNCC2)c1. The Kier molecular flexibility index (Phi) is 6.07. The second-order valence-electron chi connectivity index (χ2n) is 5.04. The second-order valence-corrected chi connectivity index (χ2v) is 6.03. The van der Waals surface area contributed by atoms with E-state index in [-0.39, 0.29) is 11.8 Å². The van der Waals surface area contributed by atoms with Gasteiger partial charge in [-0.05, 0) is 24.6 Å². The van der Waals surface area contributed by atoms with E-state index in [1.54, 1.807) is 0 Å². The number of carbonyl (C=O) groups excluding carboxylic acids is 2. The first-order valence-corrected chi connectivity index (χ1v) is 8.23. The topological polar surface area (TPSA) is 61.4 Å². The molecule has 2 rings (SSSR count). The maximum atomic E-state index is 11.9. The quantitative estimate of drug-likeness (QED) is 0.855. The highest BCUT2D eigenvalue weighted by Crippen LogP contribution is 2.11. The van der Waals surface area contributed by atoms with E-state index >= 15 is 0 Å². The van der Waals surface area contributed by atoms with Crippen LogP contribution in [0.25, 0.3) is 0 Å². The fraction of sp³-hybridized carbons (Fsp3) is 0.467. The zero-order valence-electron chi connectivity index (χ0n) is 12.2. The Bertz CT molecular complexity index is 501. The summed E-state index contributed by atoms with van der Waals surface area (Å²) in [5.41, 5.74) is 1.91. The van der Waals surface area contributed by atoms with Crippen molar-refractivity contribution in [1.82, 2.24) is 10.2 Å². The molecule has 0 bridgehead atoms. The molecule has 0 spiro atoms. The van der Waals surface area contributed by atoms with Crippen LogP contribution in [0.15, 0.2) is 24.3 Å². The first-order chi connectivity index (χ1) is 10.1. The Balaban J connectivity index is 1.68. The minimum atomic E-state index is -0.0706. The number of nitrogens with zero attached hydrogens (tertiary/aromatic N) is 1. The second kappa shape index (κ2) is 8.05. The average molecular weight is 307 g/mol. The zero-order valence-corrected chi connectivity index (χ0v) is 13.0. The van der Waals surface area contributed by atoms with Gasteiger partial charge in [-0.15, -0.1) is 11.8 Å². The van der Waals surface area contributed by atoms with Gasteiger partial charge in [0, 0.05) is 31.9 Å². The van der Waals surface area contributed by atoms with Gasteiger partial charge in [-0.3, -0.25) is 9.59 Å². The Morgan fingerprint density at radius 1 is 1.29 bits per heavy atom. The number of nitrogens with one attached hydrogen (secondary N) is 2. The predicted molar refractivity (Wildman–Crippen MR) is 86.6 cm³/mol. The summed E-state index contributed by atoms with van der Waals surface area (Å²) in [6.07, 6.45) is 0. The summed E-state index contributed by atoms with van der Waals surface area (Å²) in [4.78, 5) is 25.6. The third-order valence-electron chi connectivity index (χ3n) is 3.23. The van der Waals surface area contributed by atoms with Gasteiger partial charge in [-0.2, -0.15) is 0 Å². The van der Waals surface area contributed by atoms with Crippen LogP contribution >= 0.6 is 11.8 Å². The van der Waals surface area contributed by atoms with Crippen molar-refractivity contribution in [1.29, 1.82) is 0 Å². The molecule has 2 amide bonds. The third kappa shape index (κ3) is 5.40. The van der Waals surface area contributed by atoms with Crippen LogP contribution in [0.3, 0.4) is 0 Å². The van der Waals surface area contributed by atoms with E-state index < -0.39 is 0 Å². The molecule has 1 heterocycles. The highest BCUT2D eigenvalue weighted by Gasteiger charge is 2.16. The molecule has 0 atom stereocenters. The van der Waals surface area contributed by atoms with Crippen LogP contribution in [0, 0.1) is 6.92 Å². The lowest BCUT2D eigenvalue weighted by molar-refractivity contribution is -0.128. The van der Waals surface area contributed by atoms with Crippen molar-refractivity contribution in [2.45, 2.75) is 6.92 Å². The van der Waals surface area contributed by atoms with Crippen molar-refractivity contribution in [2.24, 2.45) is 0 Å². The number of thioether (sulfide) groups is 1. The van der Waals surface area contributed by atoms with Gasteiger partial charge in [0.15, 0.2) is 0 Å². The Morgan fingerprint density at radius 3 is 2.76 bits per heavy atom. The van der Waals surface area contributed by atoms with E-state index in [2.05, 4.69) is 10.6 Å². The average Bonchev–Trinajstić information content (AvgIpc) is 2.48. The fourth-order valence-corrected chi connectivity index (χ4v) is 2.87. The molecule has 1 aliphatic heterocycles. The van der Waals surface area contributed by atoms with Gasteiger partial charge in [0.05, 0.1) is 11.5 Å². The summed E-state index contributed by atoms with van der Waals surface area (Å²) in [7, 11) is 0. The Hall–Kier alpha value is -1.53. The normalized spacial score (nSPS) is 14.8. The molecule has 0 unspecified atom stereocenters. The summed E-state index contributed by atoms with van der Waals surface area (Å²) in [5, 5.41) is 6.05. The Labute approximate surface area is 129 Å². The summed E-state index contributed by atoms with van der Waals surface area (Å²) in [5.74, 6) is 0.705. The standard InChI is InChI=1S/C15H21N3O2S/c1-12-3-2-4-13(9-12)17-14(19)10-21-11-15(20)18-7-5-16-6-8-18/h2-4,9,16H,5-8,10-11H2,1H3,(H,17,19). The van der Waals surface area contributed by atoms with Gasteiger partial charge < -0.3 is 15.5 Å². The molecule has 0 aliphatic carbocycles. The van der Waals surface area contributed by atoms with E-state index in [9.17, 15) is 9.59 Å². The first kappa shape index (κ1) is 15.9. The lowest BCUT2D eigenvalue weighted by Gasteiger charge is -2.27. The van der Waals surface area contributed by atoms with E-state index in [4.69, 9.17) is 0 Å². The molecule has 0 aromatic heterocycles. The van der Waals surface area contributed by atoms with Crippen molar-refractivity contribution >= 4 is 29.3 Å². The number of aryl methyl sites for hydroxylation is 1. The largest absolute Gasteiger partial charge is 0.339 e. The van der Waals surface area contributed by atoms with E-state index in [0.717, 1.165) is 37.4 Å². The predicted octanol–water partition coefficient (Wildman–Crippen LogP) is 1.10. The monoisotopic (exact) mass is 307 g/mol. The van der Waals surface area contributed by atoms with Crippen LogP contribution in [0.2, 0.25) is 0 Å². The highest BCUT2D eigenvalue weighted by atomic mass is 32.2. The van der Waals surface area contributed by atoms with Gasteiger partial charge in [0.25, 0.3) is 0 Å². The maximum absolute atomic E-state index is 11.9. The minimum Gasteiger partial charge on any atom is -0.339 e. The van der Waals surface area contributed by atoms with Crippen LogP contribution in [-0.4, -0.2) is 54.4 Å². The number of anilines is 1. The van der Waals surface area contributed by atoms with Gasteiger partial charge in [0.1, 0.15) is 0 Å². The number of hydrogen-bond donors (Lipinski definition) is 2. The van der Waals surface area contributed by atoms with E-state index in [1.165, 1.54) is 11.8 Å². The molecule has 21 heavy (non-hydrogen) atoms. The molecular weight excluding hydrogens is 286 g/mol. The van der Waals surface area contributed by atoms with Crippen LogP contribution < -0.4 is 10.6 Å². The third-order valence-corrected chi connectivity index (χ3v) is 4.15. The van der Waals surface area contributed by atoms with Crippen molar-refractivity contribution in [3.05, 3.63) is 29.8 Å². The van der Waals surface area contributed by atoms with Gasteiger partial charge >= 0.3 is 0 Å². The first-order valence-electron chi connectivity index (χ1n) is 7.08. The molecule has 6 heteroatoms. The number of carbonyl (C=O) groups is 2. The van der Waals surface area contributed by atoms with Crippen LogP contribution in [0.4, 0.5) is 5.69 Å². The number of hydrogen-bond acceptors (Lipinski definition) is 4. The van der Waals surface area contributed by atoms with Crippen molar-refractivity contribution in [3.8, 4) is 0 Å². The fourth-order valence-electron chi connectivity index (χ4n) is 2.16. The number of rotatable bonds is 5. The molecular formula is C15H21N3O2S. The van der Waals surface area contributed by atoms with E-state index in [1.807, 2.05) is 36.1 Å². The highest BCUT2D eigenvalue weighted by molar-refractivity contribution is 8.00. The van der Waals surface area contributed by atoms with Crippen molar-refractivity contribution in [2.75, 3.05) is 43.0 Å². The van der Waals surface area contributed by atoms with Gasteiger partial charge in [0.2, 0.25) is 11.8 Å². The molecule has 0 radical (unpaired) electrons. The molecule has 114 valence electrons. The van der Waals surface area contributed by atoms with E-state index in [0.29, 0.717) is 11.5 Å². The summed E-state index contributed by atoms with van der Waals surface area (Å²) in [6, 6.07) is 7.68. The Morgan fingerprint density at radius 2 is 2.05 bits per heavy atom. The number of benzene rings is 1. The number of piperazine rings is 1.